The number of benzene rings is 1. The Bertz CT molecular complexity index is 507. The van der Waals surface area contributed by atoms with Crippen LogP contribution in [0.2, 0.25) is 0 Å². The summed E-state index contributed by atoms with van der Waals surface area (Å²) in [6.45, 7) is 2.22. The molecule has 0 saturated heterocycles. The van der Waals surface area contributed by atoms with Crippen LogP contribution in [0.3, 0.4) is 0 Å². The minimum Gasteiger partial charge on any atom is -0.506 e. The second-order valence-corrected chi connectivity index (χ2v) is 4.81. The van der Waals surface area contributed by atoms with Crippen molar-refractivity contribution in [1.82, 2.24) is 4.98 Å². The van der Waals surface area contributed by atoms with E-state index in [2.05, 4.69) is 11.9 Å². The Hall–Kier alpha value is -1.57. The van der Waals surface area contributed by atoms with Crippen molar-refractivity contribution in [3.8, 4) is 5.75 Å². The van der Waals surface area contributed by atoms with E-state index in [-0.39, 0.29) is 0 Å². The van der Waals surface area contributed by atoms with Crippen LogP contribution in [0.1, 0.15) is 44.7 Å². The first-order valence-electron chi connectivity index (χ1n) is 6.89. The van der Waals surface area contributed by atoms with Gasteiger partial charge in [-0.25, -0.2) is 4.98 Å². The summed E-state index contributed by atoms with van der Waals surface area (Å²) in [4.78, 5) is 4.54. The van der Waals surface area contributed by atoms with E-state index < -0.39 is 0 Å². The van der Waals surface area contributed by atoms with Crippen molar-refractivity contribution in [2.24, 2.45) is 0 Å². The number of nitrogens with zero attached hydrogens (tertiary/aromatic N) is 1. The molecular weight excluding hydrogens is 222 g/mol. The molecule has 2 heteroatoms. The third-order valence-electron chi connectivity index (χ3n) is 3.30. The van der Waals surface area contributed by atoms with E-state index in [9.17, 15) is 5.11 Å². The smallest absolute Gasteiger partial charge is 0.137 e. The molecule has 1 aromatic carbocycles. The molecule has 0 radical (unpaired) electrons. The lowest BCUT2D eigenvalue weighted by atomic mass is 10.1. The maximum absolute atomic E-state index is 9.95. The Kier molecular flexibility index (Phi) is 4.57. The van der Waals surface area contributed by atoms with Gasteiger partial charge in [0.05, 0.1) is 11.2 Å². The highest BCUT2D eigenvalue weighted by Crippen LogP contribution is 2.23. The van der Waals surface area contributed by atoms with Crippen molar-refractivity contribution in [1.29, 1.82) is 0 Å². The zero-order valence-corrected chi connectivity index (χ0v) is 11.0. The van der Waals surface area contributed by atoms with Gasteiger partial charge in [0.15, 0.2) is 0 Å². The zero-order valence-electron chi connectivity index (χ0n) is 11.0. The Morgan fingerprint density at radius 1 is 1.06 bits per heavy atom. The van der Waals surface area contributed by atoms with Gasteiger partial charge in [-0.1, -0.05) is 50.8 Å². The molecule has 0 amide bonds. The van der Waals surface area contributed by atoms with Crippen LogP contribution in [0.25, 0.3) is 10.9 Å². The van der Waals surface area contributed by atoms with Gasteiger partial charge in [-0.2, -0.15) is 0 Å². The number of para-hydroxylation sites is 1. The SMILES string of the molecule is CCCCCCCc1nc2ccccc2cc1O. The molecule has 2 nitrogen and oxygen atoms in total. The van der Waals surface area contributed by atoms with Crippen LogP contribution in [-0.4, -0.2) is 10.1 Å². The van der Waals surface area contributed by atoms with Gasteiger partial charge >= 0.3 is 0 Å². The van der Waals surface area contributed by atoms with E-state index in [1.165, 1.54) is 25.7 Å². The minimum atomic E-state index is 0.337. The summed E-state index contributed by atoms with van der Waals surface area (Å²) in [5.41, 5.74) is 1.81. The molecule has 1 aromatic heterocycles. The van der Waals surface area contributed by atoms with E-state index in [4.69, 9.17) is 0 Å². The number of aryl methyl sites for hydroxylation is 1. The molecular formula is C16H21NO. The summed E-state index contributed by atoms with van der Waals surface area (Å²) in [5, 5.41) is 11.0. The molecule has 2 aromatic rings. The molecule has 0 spiro atoms. The molecule has 0 saturated carbocycles. The number of aromatic nitrogens is 1. The first-order chi connectivity index (χ1) is 8.81. The fourth-order valence-electron chi connectivity index (χ4n) is 2.22. The van der Waals surface area contributed by atoms with Crippen LogP contribution in [-0.2, 0) is 6.42 Å². The Balaban J connectivity index is 2.01. The Morgan fingerprint density at radius 2 is 1.83 bits per heavy atom. The number of aromatic hydroxyl groups is 1. The summed E-state index contributed by atoms with van der Waals surface area (Å²) in [6, 6.07) is 9.75. The first-order valence-corrected chi connectivity index (χ1v) is 6.89. The van der Waals surface area contributed by atoms with Crippen molar-refractivity contribution in [3.05, 3.63) is 36.0 Å². The molecule has 0 aliphatic heterocycles. The van der Waals surface area contributed by atoms with E-state index in [1.54, 1.807) is 0 Å². The average molecular weight is 243 g/mol. The summed E-state index contributed by atoms with van der Waals surface area (Å²) in [5.74, 6) is 0.337. The highest BCUT2D eigenvalue weighted by atomic mass is 16.3. The van der Waals surface area contributed by atoms with Crippen molar-refractivity contribution >= 4 is 10.9 Å². The zero-order chi connectivity index (χ0) is 12.8. The topological polar surface area (TPSA) is 33.1 Å². The third-order valence-corrected chi connectivity index (χ3v) is 3.30. The Labute approximate surface area is 109 Å². The number of hydrogen-bond acceptors (Lipinski definition) is 2. The summed E-state index contributed by atoms with van der Waals surface area (Å²) in [7, 11) is 0. The van der Waals surface area contributed by atoms with Gasteiger partial charge in [0.2, 0.25) is 0 Å². The summed E-state index contributed by atoms with van der Waals surface area (Å²) in [6.07, 6.45) is 7.06. The molecule has 2 rings (SSSR count). The number of hydrogen-bond donors (Lipinski definition) is 1. The van der Waals surface area contributed by atoms with Crippen LogP contribution >= 0.6 is 0 Å². The van der Waals surface area contributed by atoms with Crippen molar-refractivity contribution in [2.45, 2.75) is 45.4 Å². The maximum Gasteiger partial charge on any atom is 0.137 e. The quantitative estimate of drug-likeness (QED) is 0.760. The van der Waals surface area contributed by atoms with Crippen LogP contribution in [0, 0.1) is 0 Å². The van der Waals surface area contributed by atoms with Gasteiger partial charge in [0, 0.05) is 5.39 Å². The highest BCUT2D eigenvalue weighted by Gasteiger charge is 2.05. The second kappa shape index (κ2) is 6.39. The van der Waals surface area contributed by atoms with Gasteiger partial charge in [-0.05, 0) is 25.0 Å². The molecule has 96 valence electrons. The molecule has 0 unspecified atom stereocenters. The number of fused-ring (bicyclic) bond motifs is 1. The molecule has 0 atom stereocenters. The van der Waals surface area contributed by atoms with Crippen molar-refractivity contribution in [3.63, 3.8) is 0 Å². The maximum atomic E-state index is 9.95. The highest BCUT2D eigenvalue weighted by molar-refractivity contribution is 5.80. The van der Waals surface area contributed by atoms with Crippen LogP contribution in [0.4, 0.5) is 0 Å². The average Bonchev–Trinajstić information content (AvgIpc) is 2.39. The molecule has 0 aliphatic carbocycles. The standard InChI is InChI=1S/C16H21NO/c1-2-3-4-5-6-11-15-16(18)12-13-9-7-8-10-14(13)17-15/h7-10,12,18H,2-6,11H2,1H3. The lowest BCUT2D eigenvalue weighted by molar-refractivity contribution is 0.463. The minimum absolute atomic E-state index is 0.337. The van der Waals surface area contributed by atoms with Gasteiger partial charge in [0.25, 0.3) is 0 Å². The van der Waals surface area contributed by atoms with Crippen molar-refractivity contribution in [2.75, 3.05) is 0 Å². The molecule has 18 heavy (non-hydrogen) atoms. The lowest BCUT2D eigenvalue weighted by Gasteiger charge is -2.06. The molecule has 1 heterocycles. The normalized spacial score (nSPS) is 10.9. The summed E-state index contributed by atoms with van der Waals surface area (Å²) >= 11 is 0. The van der Waals surface area contributed by atoms with Crippen molar-refractivity contribution < 1.29 is 5.11 Å². The predicted molar refractivity (Wildman–Crippen MR) is 75.9 cm³/mol. The van der Waals surface area contributed by atoms with E-state index in [0.29, 0.717) is 5.75 Å². The third kappa shape index (κ3) is 3.22. The van der Waals surface area contributed by atoms with Gasteiger partial charge < -0.3 is 5.11 Å². The fraction of sp³-hybridized carbons (Fsp3) is 0.438. The summed E-state index contributed by atoms with van der Waals surface area (Å²) < 4.78 is 0. The van der Waals surface area contributed by atoms with Gasteiger partial charge in [-0.15, -0.1) is 0 Å². The van der Waals surface area contributed by atoms with E-state index in [0.717, 1.165) is 29.4 Å². The molecule has 1 N–H and O–H groups in total. The predicted octanol–water partition coefficient (Wildman–Crippen LogP) is 4.45. The monoisotopic (exact) mass is 243 g/mol. The van der Waals surface area contributed by atoms with Gasteiger partial charge in [0.1, 0.15) is 5.75 Å². The van der Waals surface area contributed by atoms with Crippen LogP contribution in [0.15, 0.2) is 30.3 Å². The van der Waals surface area contributed by atoms with Crippen LogP contribution < -0.4 is 0 Å². The molecule has 0 aliphatic rings. The van der Waals surface area contributed by atoms with E-state index in [1.807, 2.05) is 30.3 Å². The Morgan fingerprint density at radius 3 is 2.67 bits per heavy atom. The largest absolute Gasteiger partial charge is 0.506 e. The first kappa shape index (κ1) is 12.9. The second-order valence-electron chi connectivity index (χ2n) is 4.81. The van der Waals surface area contributed by atoms with E-state index >= 15 is 0 Å². The van der Waals surface area contributed by atoms with Gasteiger partial charge in [-0.3, -0.25) is 0 Å². The number of rotatable bonds is 6. The molecule has 0 bridgehead atoms. The molecule has 0 fully saturated rings. The van der Waals surface area contributed by atoms with Crippen LogP contribution in [0.5, 0.6) is 5.75 Å². The fourth-order valence-corrected chi connectivity index (χ4v) is 2.22. The number of unbranched alkanes of at least 4 members (excludes halogenated alkanes) is 4. The number of pyridine rings is 1. The lowest BCUT2D eigenvalue weighted by Crippen LogP contribution is -1.92.